The summed E-state index contributed by atoms with van der Waals surface area (Å²) in [6.07, 6.45) is 4.85. The fourth-order valence-corrected chi connectivity index (χ4v) is 4.68. The highest BCUT2D eigenvalue weighted by Gasteiger charge is 2.37. The lowest BCUT2D eigenvalue weighted by Gasteiger charge is -2.35. The average Bonchev–Trinajstić information content (AvgIpc) is 3.12. The van der Waals surface area contributed by atoms with Crippen LogP contribution in [0.1, 0.15) is 31.7 Å². The van der Waals surface area contributed by atoms with E-state index in [1.54, 1.807) is 4.90 Å². The first-order chi connectivity index (χ1) is 14.3. The molecular weight excluding hydrogens is 402 g/mol. The molecular formula is C22H33N3O4S. The minimum atomic E-state index is -2.98. The first-order valence-corrected chi connectivity index (χ1v) is 12.9. The molecule has 1 aromatic carbocycles. The predicted molar refractivity (Wildman–Crippen MR) is 118 cm³/mol. The molecule has 2 amide bonds. The van der Waals surface area contributed by atoms with Crippen LogP contribution in [0.4, 0.5) is 5.69 Å². The molecule has 0 N–H and O–H groups in total. The summed E-state index contributed by atoms with van der Waals surface area (Å²) in [7, 11) is -2.98. The van der Waals surface area contributed by atoms with Gasteiger partial charge in [-0.15, -0.1) is 0 Å². The molecule has 2 aliphatic rings. The summed E-state index contributed by atoms with van der Waals surface area (Å²) in [5.74, 6) is -0.126. The lowest BCUT2D eigenvalue weighted by molar-refractivity contribution is -0.137. The highest BCUT2D eigenvalue weighted by Crippen LogP contribution is 2.27. The van der Waals surface area contributed by atoms with Crippen molar-refractivity contribution in [1.82, 2.24) is 9.80 Å². The van der Waals surface area contributed by atoms with Crippen LogP contribution in [-0.2, 0) is 25.8 Å². The minimum Gasteiger partial charge on any atom is -0.340 e. The molecule has 0 bridgehead atoms. The molecule has 2 saturated heterocycles. The van der Waals surface area contributed by atoms with Crippen LogP contribution in [0.2, 0.25) is 0 Å². The van der Waals surface area contributed by atoms with E-state index in [4.69, 9.17) is 0 Å². The Kier molecular flexibility index (Phi) is 7.52. The molecule has 1 unspecified atom stereocenters. The molecule has 0 aromatic heterocycles. The third-order valence-electron chi connectivity index (χ3n) is 6.00. The summed E-state index contributed by atoms with van der Waals surface area (Å²) in [5.41, 5.74) is 2.13. The smallest absolute Gasteiger partial charge is 0.228 e. The van der Waals surface area contributed by atoms with Gasteiger partial charge in [-0.3, -0.25) is 14.5 Å². The second kappa shape index (κ2) is 9.92. The van der Waals surface area contributed by atoms with E-state index in [1.165, 1.54) is 11.8 Å². The Morgan fingerprint density at radius 2 is 1.77 bits per heavy atom. The molecule has 1 aromatic rings. The van der Waals surface area contributed by atoms with Crippen molar-refractivity contribution in [2.45, 2.75) is 32.6 Å². The van der Waals surface area contributed by atoms with Gasteiger partial charge in [-0.05, 0) is 30.5 Å². The number of piperazine rings is 1. The molecule has 1 atom stereocenters. The van der Waals surface area contributed by atoms with Crippen LogP contribution in [0.3, 0.4) is 0 Å². The quantitative estimate of drug-likeness (QED) is 0.619. The van der Waals surface area contributed by atoms with Crippen molar-refractivity contribution in [3.63, 3.8) is 0 Å². The molecule has 3 rings (SSSR count). The van der Waals surface area contributed by atoms with Gasteiger partial charge in [0.2, 0.25) is 11.8 Å². The van der Waals surface area contributed by atoms with Gasteiger partial charge in [0.15, 0.2) is 0 Å². The van der Waals surface area contributed by atoms with Crippen LogP contribution < -0.4 is 4.90 Å². The van der Waals surface area contributed by atoms with Gasteiger partial charge < -0.3 is 9.80 Å². The summed E-state index contributed by atoms with van der Waals surface area (Å²) < 4.78 is 22.7. The zero-order chi connectivity index (χ0) is 21.7. The number of aryl methyl sites for hydroxylation is 1. The number of nitrogens with zero attached hydrogens (tertiary/aromatic N) is 3. The van der Waals surface area contributed by atoms with E-state index in [9.17, 15) is 18.0 Å². The molecule has 2 aliphatic heterocycles. The topological polar surface area (TPSA) is 78.0 Å². The number of anilines is 1. The monoisotopic (exact) mass is 435 g/mol. The highest BCUT2D eigenvalue weighted by atomic mass is 32.2. The summed E-state index contributed by atoms with van der Waals surface area (Å²) in [5, 5.41) is 0. The van der Waals surface area contributed by atoms with Crippen LogP contribution >= 0.6 is 0 Å². The van der Waals surface area contributed by atoms with E-state index in [0.29, 0.717) is 39.3 Å². The number of carbonyl (C=O) groups is 2. The summed E-state index contributed by atoms with van der Waals surface area (Å²) in [6, 6.07) is 8.11. The van der Waals surface area contributed by atoms with E-state index in [1.807, 2.05) is 17.0 Å². The minimum absolute atomic E-state index is 0.00134. The number of amides is 2. The maximum atomic E-state index is 13.0. The van der Waals surface area contributed by atoms with Crippen molar-refractivity contribution >= 4 is 27.3 Å². The predicted octanol–water partition coefficient (Wildman–Crippen LogP) is 1.57. The Balaban J connectivity index is 1.51. The van der Waals surface area contributed by atoms with Gasteiger partial charge in [-0.2, -0.15) is 0 Å². The molecule has 0 spiro atoms. The maximum absolute atomic E-state index is 13.0. The number of carbonyl (C=O) groups excluding carboxylic acids is 2. The van der Waals surface area contributed by atoms with Gasteiger partial charge in [0.25, 0.3) is 0 Å². The van der Waals surface area contributed by atoms with Crippen molar-refractivity contribution < 1.29 is 18.0 Å². The van der Waals surface area contributed by atoms with Crippen LogP contribution in [0, 0.1) is 5.92 Å². The fraction of sp³-hybridized carbons (Fsp3) is 0.636. The van der Waals surface area contributed by atoms with Crippen LogP contribution in [0.5, 0.6) is 0 Å². The van der Waals surface area contributed by atoms with Crippen molar-refractivity contribution in [2.75, 3.05) is 56.2 Å². The number of unbranched alkanes of at least 4 members (excludes halogenated alkanes) is 1. The van der Waals surface area contributed by atoms with E-state index >= 15 is 0 Å². The van der Waals surface area contributed by atoms with Gasteiger partial charge in [-0.25, -0.2) is 8.42 Å². The van der Waals surface area contributed by atoms with Crippen molar-refractivity contribution in [3.8, 4) is 0 Å². The van der Waals surface area contributed by atoms with E-state index in [0.717, 1.165) is 24.9 Å². The van der Waals surface area contributed by atoms with Gasteiger partial charge in [0, 0.05) is 57.6 Å². The summed E-state index contributed by atoms with van der Waals surface area (Å²) in [4.78, 5) is 31.1. The van der Waals surface area contributed by atoms with Crippen molar-refractivity contribution in [2.24, 2.45) is 5.92 Å². The highest BCUT2D eigenvalue weighted by molar-refractivity contribution is 7.90. The number of benzene rings is 1. The van der Waals surface area contributed by atoms with Crippen LogP contribution in [0.25, 0.3) is 0 Å². The Hall–Kier alpha value is -1.93. The largest absolute Gasteiger partial charge is 0.340 e. The first-order valence-electron chi connectivity index (χ1n) is 10.8. The normalized spacial score (nSPS) is 20.7. The number of hydrogen-bond acceptors (Lipinski definition) is 5. The Bertz CT molecular complexity index is 846. The van der Waals surface area contributed by atoms with E-state index in [-0.39, 0.29) is 29.9 Å². The molecule has 166 valence electrons. The molecule has 7 nitrogen and oxygen atoms in total. The van der Waals surface area contributed by atoms with Gasteiger partial charge in [0.1, 0.15) is 9.84 Å². The van der Waals surface area contributed by atoms with Gasteiger partial charge in [-0.1, -0.05) is 25.5 Å². The Morgan fingerprint density at radius 3 is 2.37 bits per heavy atom. The lowest BCUT2D eigenvalue weighted by Crippen LogP contribution is -2.51. The van der Waals surface area contributed by atoms with Gasteiger partial charge >= 0.3 is 0 Å². The molecule has 2 heterocycles. The molecule has 8 heteroatoms. The summed E-state index contributed by atoms with van der Waals surface area (Å²) in [6.45, 7) is 5.61. The second-order valence-electron chi connectivity index (χ2n) is 8.47. The molecule has 0 radical (unpaired) electrons. The third-order valence-corrected chi connectivity index (χ3v) is 6.93. The third kappa shape index (κ3) is 6.04. The number of sulfone groups is 1. The summed E-state index contributed by atoms with van der Waals surface area (Å²) >= 11 is 0. The zero-order valence-corrected chi connectivity index (χ0v) is 18.9. The fourth-order valence-electron chi connectivity index (χ4n) is 4.09. The number of hydrogen-bond donors (Lipinski definition) is 0. The first kappa shape index (κ1) is 22.7. The van der Waals surface area contributed by atoms with Crippen molar-refractivity contribution in [3.05, 3.63) is 29.8 Å². The van der Waals surface area contributed by atoms with Crippen LogP contribution in [-0.4, -0.2) is 81.3 Å². The van der Waals surface area contributed by atoms with Crippen molar-refractivity contribution in [1.29, 1.82) is 0 Å². The van der Waals surface area contributed by atoms with Crippen LogP contribution in [0.15, 0.2) is 24.3 Å². The SMILES string of the molecule is CCCCc1ccc(N2CC(C(=O)N3CCN(CCS(C)(=O)=O)CC3)CC2=O)cc1. The molecule has 30 heavy (non-hydrogen) atoms. The van der Waals surface area contributed by atoms with Gasteiger partial charge in [0.05, 0.1) is 11.7 Å². The van der Waals surface area contributed by atoms with E-state index in [2.05, 4.69) is 24.0 Å². The van der Waals surface area contributed by atoms with E-state index < -0.39 is 9.84 Å². The molecule has 2 fully saturated rings. The molecule has 0 saturated carbocycles. The Labute approximate surface area is 179 Å². The molecule has 0 aliphatic carbocycles. The standard InChI is InChI=1S/C22H33N3O4S/c1-3-4-5-18-6-8-20(9-7-18)25-17-19(16-21(25)26)22(27)24-12-10-23(11-13-24)14-15-30(2,28)29/h6-9,19H,3-5,10-17H2,1-2H3. The maximum Gasteiger partial charge on any atom is 0.228 e. The second-order valence-corrected chi connectivity index (χ2v) is 10.7. The zero-order valence-electron chi connectivity index (χ0n) is 18.0. The Morgan fingerprint density at radius 1 is 1.10 bits per heavy atom. The average molecular weight is 436 g/mol. The lowest BCUT2D eigenvalue weighted by atomic mass is 10.1. The number of rotatable bonds is 8.